The summed E-state index contributed by atoms with van der Waals surface area (Å²) in [6.45, 7) is 3.92. The Morgan fingerprint density at radius 1 is 1.10 bits per heavy atom. The molecule has 0 saturated carbocycles. The molecule has 30 heavy (non-hydrogen) atoms. The van der Waals surface area contributed by atoms with Gasteiger partial charge in [-0.1, -0.05) is 53.7 Å². The van der Waals surface area contributed by atoms with Crippen LogP contribution in [0.1, 0.15) is 35.1 Å². The Bertz CT molecular complexity index is 1030. The summed E-state index contributed by atoms with van der Waals surface area (Å²) in [5.74, 6) is 0.219. The Morgan fingerprint density at radius 3 is 2.53 bits per heavy atom. The van der Waals surface area contributed by atoms with Crippen molar-refractivity contribution in [2.75, 3.05) is 12.3 Å². The first-order valence-electron chi connectivity index (χ1n) is 9.62. The first-order chi connectivity index (χ1) is 14.5. The predicted octanol–water partition coefficient (Wildman–Crippen LogP) is 3.76. The summed E-state index contributed by atoms with van der Waals surface area (Å²) >= 11 is 1.23. The maximum absolute atomic E-state index is 14.5. The molecule has 3 rings (SSSR count). The van der Waals surface area contributed by atoms with Gasteiger partial charge in [-0.15, -0.1) is 10.2 Å². The number of Topliss-reactive ketones (excluding diaryl/α,β-unsaturated/α-hetero) is 1. The summed E-state index contributed by atoms with van der Waals surface area (Å²) < 4.78 is 16.1. The van der Waals surface area contributed by atoms with Crippen LogP contribution in [0.4, 0.5) is 4.39 Å². The number of benzene rings is 2. The minimum Gasteiger partial charge on any atom is -0.356 e. The molecule has 0 aliphatic rings. The number of para-hydroxylation sites is 1. The lowest BCUT2D eigenvalue weighted by atomic mass is 10.1. The lowest BCUT2D eigenvalue weighted by molar-refractivity contribution is -0.118. The second kappa shape index (κ2) is 10.2. The molecule has 3 aromatic rings. The number of hydrogen-bond acceptors (Lipinski definition) is 5. The van der Waals surface area contributed by atoms with Gasteiger partial charge < -0.3 is 5.32 Å². The highest BCUT2D eigenvalue weighted by molar-refractivity contribution is 7.99. The van der Waals surface area contributed by atoms with Crippen molar-refractivity contribution in [3.8, 4) is 5.69 Å². The molecule has 0 radical (unpaired) electrons. The van der Waals surface area contributed by atoms with Gasteiger partial charge in [0.15, 0.2) is 10.9 Å². The Hall–Kier alpha value is -3.00. The molecule has 0 bridgehead atoms. The van der Waals surface area contributed by atoms with Crippen molar-refractivity contribution >= 4 is 23.5 Å². The van der Waals surface area contributed by atoms with Gasteiger partial charge in [0, 0.05) is 25.5 Å². The molecule has 8 heteroatoms. The van der Waals surface area contributed by atoms with Crippen LogP contribution in [0.15, 0.2) is 53.7 Å². The molecule has 0 fully saturated rings. The number of hydrogen-bond donors (Lipinski definition) is 1. The van der Waals surface area contributed by atoms with Gasteiger partial charge in [0.2, 0.25) is 5.91 Å². The van der Waals surface area contributed by atoms with E-state index in [1.165, 1.54) is 24.8 Å². The van der Waals surface area contributed by atoms with E-state index in [4.69, 9.17) is 0 Å². The average Bonchev–Trinajstić information content (AvgIpc) is 3.12. The van der Waals surface area contributed by atoms with Crippen LogP contribution in [0.5, 0.6) is 0 Å². The Labute approximate surface area is 178 Å². The summed E-state index contributed by atoms with van der Waals surface area (Å²) in [4.78, 5) is 23.6. The van der Waals surface area contributed by atoms with E-state index in [0.29, 0.717) is 41.6 Å². The van der Waals surface area contributed by atoms with Gasteiger partial charge in [-0.2, -0.15) is 0 Å². The second-order valence-corrected chi connectivity index (χ2v) is 7.79. The molecule has 156 valence electrons. The van der Waals surface area contributed by atoms with E-state index in [1.807, 2.05) is 19.1 Å². The number of ketones is 1. The zero-order valence-corrected chi connectivity index (χ0v) is 17.7. The van der Waals surface area contributed by atoms with E-state index in [1.54, 1.807) is 34.9 Å². The molecule has 0 unspecified atom stereocenters. The first-order valence-corrected chi connectivity index (χ1v) is 10.6. The molecule has 2 aromatic carbocycles. The van der Waals surface area contributed by atoms with Crippen molar-refractivity contribution in [3.63, 3.8) is 0 Å². The number of aromatic nitrogens is 3. The van der Waals surface area contributed by atoms with Crippen molar-refractivity contribution in [2.24, 2.45) is 0 Å². The standard InChI is InChI=1S/C22H23FN4O2S/c1-15-9-11-17(12-10-15)20(29)14-30-22-26-25-21(8-5-13-24-16(2)28)27(22)19-7-4-3-6-18(19)23/h3-4,6-7,9-12H,5,8,13-14H2,1-2H3,(H,24,28). The van der Waals surface area contributed by atoms with Crippen molar-refractivity contribution in [1.29, 1.82) is 0 Å². The fourth-order valence-electron chi connectivity index (χ4n) is 2.89. The van der Waals surface area contributed by atoms with E-state index in [9.17, 15) is 14.0 Å². The van der Waals surface area contributed by atoms with Crippen LogP contribution < -0.4 is 5.32 Å². The summed E-state index contributed by atoms with van der Waals surface area (Å²) in [6.07, 6.45) is 1.15. The van der Waals surface area contributed by atoms with Gasteiger partial charge in [-0.3, -0.25) is 14.2 Å². The van der Waals surface area contributed by atoms with E-state index < -0.39 is 5.82 Å². The molecule has 0 atom stereocenters. The van der Waals surface area contributed by atoms with E-state index in [-0.39, 0.29) is 17.4 Å². The van der Waals surface area contributed by atoms with Crippen LogP contribution in [-0.2, 0) is 11.2 Å². The van der Waals surface area contributed by atoms with Crippen LogP contribution in [0.2, 0.25) is 0 Å². The third-order valence-corrected chi connectivity index (χ3v) is 5.38. The Balaban J connectivity index is 1.79. The van der Waals surface area contributed by atoms with E-state index in [2.05, 4.69) is 15.5 Å². The van der Waals surface area contributed by atoms with Gasteiger partial charge >= 0.3 is 0 Å². The maximum Gasteiger partial charge on any atom is 0.216 e. The second-order valence-electron chi connectivity index (χ2n) is 6.85. The van der Waals surface area contributed by atoms with Crippen molar-refractivity contribution in [1.82, 2.24) is 20.1 Å². The molecular weight excluding hydrogens is 403 g/mol. The quantitative estimate of drug-likeness (QED) is 0.320. The van der Waals surface area contributed by atoms with Gasteiger partial charge in [0.1, 0.15) is 11.6 Å². The van der Waals surface area contributed by atoms with E-state index >= 15 is 0 Å². The number of amides is 1. The van der Waals surface area contributed by atoms with Crippen LogP contribution in [0.3, 0.4) is 0 Å². The monoisotopic (exact) mass is 426 g/mol. The number of aryl methyl sites for hydroxylation is 2. The zero-order chi connectivity index (χ0) is 21.5. The highest BCUT2D eigenvalue weighted by Gasteiger charge is 2.18. The number of nitrogens with one attached hydrogen (secondary N) is 1. The SMILES string of the molecule is CC(=O)NCCCc1nnc(SCC(=O)c2ccc(C)cc2)n1-c1ccccc1F. The topological polar surface area (TPSA) is 76.9 Å². The van der Waals surface area contributed by atoms with Crippen LogP contribution >= 0.6 is 11.8 Å². The summed E-state index contributed by atoms with van der Waals surface area (Å²) in [6, 6.07) is 13.8. The molecule has 1 N–H and O–H groups in total. The number of carbonyl (C=O) groups is 2. The van der Waals surface area contributed by atoms with Crippen molar-refractivity contribution < 1.29 is 14.0 Å². The average molecular weight is 427 g/mol. The van der Waals surface area contributed by atoms with Crippen LogP contribution in [0, 0.1) is 12.7 Å². The van der Waals surface area contributed by atoms with Crippen molar-refractivity contribution in [3.05, 3.63) is 71.3 Å². The summed E-state index contributed by atoms with van der Waals surface area (Å²) in [5.41, 5.74) is 2.05. The number of thioether (sulfide) groups is 1. The highest BCUT2D eigenvalue weighted by Crippen LogP contribution is 2.25. The van der Waals surface area contributed by atoms with Crippen LogP contribution in [-0.4, -0.2) is 38.8 Å². The molecule has 1 aromatic heterocycles. The lowest BCUT2D eigenvalue weighted by Gasteiger charge is -2.11. The third-order valence-electron chi connectivity index (χ3n) is 4.45. The molecule has 0 saturated heterocycles. The Kier molecular flexibility index (Phi) is 7.35. The molecule has 0 aliphatic carbocycles. The third kappa shape index (κ3) is 5.54. The van der Waals surface area contributed by atoms with Gasteiger partial charge in [0.05, 0.1) is 11.4 Å². The van der Waals surface area contributed by atoms with Gasteiger partial charge in [0.25, 0.3) is 0 Å². The fourth-order valence-corrected chi connectivity index (χ4v) is 3.75. The summed E-state index contributed by atoms with van der Waals surface area (Å²) in [5, 5.41) is 11.6. The van der Waals surface area contributed by atoms with E-state index in [0.717, 1.165) is 5.56 Å². The number of carbonyl (C=O) groups excluding carboxylic acids is 2. The largest absolute Gasteiger partial charge is 0.356 e. The smallest absolute Gasteiger partial charge is 0.216 e. The molecule has 0 spiro atoms. The van der Waals surface area contributed by atoms with Gasteiger partial charge in [-0.25, -0.2) is 4.39 Å². The van der Waals surface area contributed by atoms with Gasteiger partial charge in [-0.05, 0) is 25.5 Å². The molecule has 6 nitrogen and oxygen atoms in total. The molecule has 0 aliphatic heterocycles. The van der Waals surface area contributed by atoms with Crippen molar-refractivity contribution in [2.45, 2.75) is 31.8 Å². The van der Waals surface area contributed by atoms with Crippen LogP contribution in [0.25, 0.3) is 5.69 Å². The lowest BCUT2D eigenvalue weighted by Crippen LogP contribution is -2.21. The number of halogens is 1. The number of rotatable bonds is 9. The fraction of sp³-hybridized carbons (Fsp3) is 0.273. The Morgan fingerprint density at radius 2 is 1.83 bits per heavy atom. The number of nitrogens with zero attached hydrogens (tertiary/aromatic N) is 3. The minimum atomic E-state index is -0.396. The first kappa shape index (κ1) is 21.7. The molecule has 1 heterocycles. The maximum atomic E-state index is 14.5. The highest BCUT2D eigenvalue weighted by atomic mass is 32.2. The normalized spacial score (nSPS) is 10.8. The molecule has 1 amide bonds. The molecular formula is C22H23FN4O2S. The zero-order valence-electron chi connectivity index (χ0n) is 16.9. The predicted molar refractivity (Wildman–Crippen MR) is 115 cm³/mol. The summed E-state index contributed by atoms with van der Waals surface area (Å²) in [7, 11) is 0. The minimum absolute atomic E-state index is 0.0321.